The van der Waals surface area contributed by atoms with Crippen LogP contribution in [0.2, 0.25) is 0 Å². The Morgan fingerprint density at radius 3 is 2.15 bits per heavy atom. The Bertz CT molecular complexity index is 1090. The van der Waals surface area contributed by atoms with E-state index in [9.17, 15) is 9.59 Å². The first kappa shape index (κ1) is 22.6. The van der Waals surface area contributed by atoms with E-state index in [1.807, 2.05) is 89.6 Å². The monoisotopic (exact) mass is 442 g/mol. The van der Waals surface area contributed by atoms with Gasteiger partial charge in [-0.1, -0.05) is 42.5 Å². The first-order chi connectivity index (χ1) is 16.0. The predicted octanol–water partition coefficient (Wildman–Crippen LogP) is 3.55. The first-order valence-corrected chi connectivity index (χ1v) is 11.3. The van der Waals surface area contributed by atoms with Gasteiger partial charge in [-0.15, -0.1) is 0 Å². The lowest BCUT2D eigenvalue weighted by Crippen LogP contribution is -2.49. The molecule has 6 heteroatoms. The molecule has 0 unspecified atom stereocenters. The van der Waals surface area contributed by atoms with Crippen molar-refractivity contribution < 1.29 is 9.59 Å². The van der Waals surface area contributed by atoms with E-state index in [1.54, 1.807) is 0 Å². The van der Waals surface area contributed by atoms with Gasteiger partial charge in [0.2, 0.25) is 0 Å². The van der Waals surface area contributed by atoms with Crippen LogP contribution in [0, 0.1) is 0 Å². The number of nitrogens with two attached hydrogens (primary N) is 1. The van der Waals surface area contributed by atoms with Crippen molar-refractivity contribution in [3.63, 3.8) is 0 Å². The van der Waals surface area contributed by atoms with Gasteiger partial charge in [0.15, 0.2) is 0 Å². The van der Waals surface area contributed by atoms with Crippen LogP contribution >= 0.6 is 0 Å². The number of carbonyl (C=O) groups is 2. The summed E-state index contributed by atoms with van der Waals surface area (Å²) in [5.41, 5.74) is 9.86. The molecule has 1 fully saturated rings. The first-order valence-electron chi connectivity index (χ1n) is 11.3. The van der Waals surface area contributed by atoms with Crippen molar-refractivity contribution in [1.82, 2.24) is 9.80 Å². The molecule has 3 aromatic carbocycles. The lowest BCUT2D eigenvalue weighted by atomic mass is 10.0. The van der Waals surface area contributed by atoms with Crippen LogP contribution in [0.1, 0.15) is 26.3 Å². The minimum Gasteiger partial charge on any atom is -0.366 e. The lowest BCUT2D eigenvalue weighted by Gasteiger charge is -2.34. The maximum Gasteiger partial charge on any atom is 0.253 e. The molecule has 3 aromatic rings. The van der Waals surface area contributed by atoms with E-state index in [0.717, 1.165) is 61.6 Å². The van der Waals surface area contributed by atoms with Crippen molar-refractivity contribution >= 4 is 23.2 Å². The van der Waals surface area contributed by atoms with E-state index in [1.165, 1.54) is 0 Å². The molecule has 1 saturated heterocycles. The molecule has 1 aliphatic rings. The molecule has 2 amide bonds. The molecular formula is C27H30N4O2. The second-order valence-electron chi connectivity index (χ2n) is 8.36. The van der Waals surface area contributed by atoms with Crippen LogP contribution in [-0.2, 0) is 6.42 Å². The summed E-state index contributed by atoms with van der Waals surface area (Å²) in [4.78, 5) is 31.0. The van der Waals surface area contributed by atoms with Gasteiger partial charge >= 0.3 is 0 Å². The third kappa shape index (κ3) is 5.41. The van der Waals surface area contributed by atoms with Gasteiger partial charge in [-0.05, 0) is 48.4 Å². The summed E-state index contributed by atoms with van der Waals surface area (Å²) in [6.45, 7) is 4.08. The summed E-state index contributed by atoms with van der Waals surface area (Å²) in [5.74, 6) is -0.329. The van der Waals surface area contributed by atoms with Crippen molar-refractivity contribution in [2.75, 3.05) is 44.7 Å². The van der Waals surface area contributed by atoms with Gasteiger partial charge < -0.3 is 15.5 Å². The van der Waals surface area contributed by atoms with Crippen LogP contribution < -0.4 is 10.6 Å². The zero-order valence-electron chi connectivity index (χ0n) is 19.0. The van der Waals surface area contributed by atoms with Crippen LogP contribution in [0.4, 0.5) is 11.4 Å². The highest BCUT2D eigenvalue weighted by Crippen LogP contribution is 2.28. The van der Waals surface area contributed by atoms with Crippen LogP contribution in [-0.4, -0.2) is 61.4 Å². The molecule has 0 aliphatic carbocycles. The molecule has 1 aliphatic heterocycles. The number of para-hydroxylation sites is 1. The maximum absolute atomic E-state index is 12.7. The highest BCUT2D eigenvalue weighted by atomic mass is 16.2. The molecule has 0 bridgehead atoms. The second kappa shape index (κ2) is 10.3. The number of benzene rings is 3. The molecule has 6 nitrogen and oxygen atoms in total. The number of hydrogen-bond donors (Lipinski definition) is 1. The second-order valence-corrected chi connectivity index (χ2v) is 8.36. The van der Waals surface area contributed by atoms with Gasteiger partial charge in [0, 0.05) is 51.0 Å². The number of nitrogens with zero attached hydrogens (tertiary/aromatic N) is 3. The minimum atomic E-state index is -0.432. The summed E-state index contributed by atoms with van der Waals surface area (Å²) >= 11 is 0. The zero-order valence-corrected chi connectivity index (χ0v) is 19.0. The zero-order chi connectivity index (χ0) is 23.2. The van der Waals surface area contributed by atoms with E-state index in [-0.39, 0.29) is 5.91 Å². The van der Waals surface area contributed by atoms with Crippen molar-refractivity contribution in [1.29, 1.82) is 0 Å². The molecule has 0 saturated carbocycles. The van der Waals surface area contributed by atoms with E-state index in [2.05, 4.69) is 11.0 Å². The molecule has 170 valence electrons. The van der Waals surface area contributed by atoms with Crippen molar-refractivity contribution in [3.8, 4) is 0 Å². The minimum absolute atomic E-state index is 0.103. The van der Waals surface area contributed by atoms with Crippen molar-refractivity contribution in [3.05, 3.63) is 95.6 Å². The SMILES string of the molecule is CN(c1ccccc1)c1cc(CCN2CCN(C(=O)c3ccccc3)CC2)ccc1C(N)=O. The molecule has 0 spiro atoms. The number of anilines is 2. The number of hydrogen-bond acceptors (Lipinski definition) is 4. The summed E-state index contributed by atoms with van der Waals surface area (Å²) in [5, 5.41) is 0. The maximum atomic E-state index is 12.7. The van der Waals surface area contributed by atoms with Gasteiger partial charge in [-0.2, -0.15) is 0 Å². The van der Waals surface area contributed by atoms with Gasteiger partial charge in [0.25, 0.3) is 11.8 Å². The topological polar surface area (TPSA) is 69.9 Å². The van der Waals surface area contributed by atoms with Gasteiger partial charge in [0.05, 0.1) is 11.3 Å². The van der Waals surface area contributed by atoms with Crippen LogP contribution in [0.15, 0.2) is 78.9 Å². The Hall–Kier alpha value is -3.64. The highest BCUT2D eigenvalue weighted by Gasteiger charge is 2.22. The third-order valence-electron chi connectivity index (χ3n) is 6.23. The van der Waals surface area contributed by atoms with Gasteiger partial charge in [-0.25, -0.2) is 0 Å². The largest absolute Gasteiger partial charge is 0.366 e. The standard InChI is InChI=1S/C27H30N4O2/c1-29(23-10-6-3-7-11-23)25-20-21(12-13-24(25)26(28)32)14-15-30-16-18-31(19-17-30)27(33)22-8-4-2-5-9-22/h2-13,20H,14-19H2,1H3,(H2,28,32). The quantitative estimate of drug-likeness (QED) is 0.608. The Kier molecular flexibility index (Phi) is 7.05. The average molecular weight is 443 g/mol. The Morgan fingerprint density at radius 1 is 0.879 bits per heavy atom. The van der Waals surface area contributed by atoms with E-state index < -0.39 is 5.91 Å². The smallest absolute Gasteiger partial charge is 0.253 e. The van der Waals surface area contributed by atoms with Gasteiger partial charge in [0.1, 0.15) is 0 Å². The molecule has 0 atom stereocenters. The summed E-state index contributed by atoms with van der Waals surface area (Å²) in [6.07, 6.45) is 0.862. The van der Waals surface area contributed by atoms with Crippen LogP contribution in [0.25, 0.3) is 0 Å². The number of piperazine rings is 1. The molecule has 0 radical (unpaired) electrons. The number of rotatable bonds is 7. The molecule has 0 aromatic heterocycles. The fourth-order valence-corrected chi connectivity index (χ4v) is 4.23. The Balaban J connectivity index is 1.38. The molecule has 33 heavy (non-hydrogen) atoms. The third-order valence-corrected chi connectivity index (χ3v) is 6.23. The van der Waals surface area contributed by atoms with E-state index >= 15 is 0 Å². The highest BCUT2D eigenvalue weighted by molar-refractivity contribution is 5.99. The number of primary amides is 1. The number of carbonyl (C=O) groups excluding carboxylic acids is 2. The van der Waals surface area contributed by atoms with Crippen LogP contribution in [0.5, 0.6) is 0 Å². The normalized spacial score (nSPS) is 14.2. The number of amides is 2. The predicted molar refractivity (Wildman–Crippen MR) is 132 cm³/mol. The van der Waals surface area contributed by atoms with E-state index in [4.69, 9.17) is 5.73 Å². The molecule has 1 heterocycles. The van der Waals surface area contributed by atoms with Crippen LogP contribution in [0.3, 0.4) is 0 Å². The average Bonchev–Trinajstić information content (AvgIpc) is 2.87. The van der Waals surface area contributed by atoms with Crippen molar-refractivity contribution in [2.24, 2.45) is 5.73 Å². The van der Waals surface area contributed by atoms with Gasteiger partial charge in [-0.3, -0.25) is 14.5 Å². The molecular weight excluding hydrogens is 412 g/mol. The van der Waals surface area contributed by atoms with Crippen molar-refractivity contribution in [2.45, 2.75) is 6.42 Å². The Morgan fingerprint density at radius 2 is 1.52 bits per heavy atom. The summed E-state index contributed by atoms with van der Waals surface area (Å²) in [6, 6.07) is 25.3. The lowest BCUT2D eigenvalue weighted by molar-refractivity contribution is 0.0638. The summed E-state index contributed by atoms with van der Waals surface area (Å²) < 4.78 is 0. The fourth-order valence-electron chi connectivity index (χ4n) is 4.23. The molecule has 2 N–H and O–H groups in total. The molecule has 4 rings (SSSR count). The fraction of sp³-hybridized carbons (Fsp3) is 0.259. The Labute approximate surface area is 195 Å². The van der Waals surface area contributed by atoms with E-state index in [0.29, 0.717) is 5.56 Å². The summed E-state index contributed by atoms with van der Waals surface area (Å²) in [7, 11) is 1.95.